The number of hydrogen-bond acceptors (Lipinski definition) is 2. The molecule has 0 saturated heterocycles. The monoisotopic (exact) mass is 261 g/mol. The van der Waals surface area contributed by atoms with Crippen molar-refractivity contribution in [3.05, 3.63) is 53.1 Å². The summed E-state index contributed by atoms with van der Waals surface area (Å²) in [6.45, 7) is 3.10. The lowest BCUT2D eigenvalue weighted by Gasteiger charge is -2.12. The molecule has 0 atom stereocenters. The minimum atomic E-state index is 0.493. The average molecular weight is 262 g/mol. The lowest BCUT2D eigenvalue weighted by Crippen LogP contribution is -1.97. The van der Waals surface area contributed by atoms with E-state index in [2.05, 4.69) is 0 Å². The molecule has 2 rings (SSSR count). The van der Waals surface area contributed by atoms with Crippen molar-refractivity contribution in [2.24, 2.45) is 5.73 Å². The van der Waals surface area contributed by atoms with Gasteiger partial charge in [-0.15, -0.1) is 0 Å². The summed E-state index contributed by atoms with van der Waals surface area (Å²) >= 11 is 6.30. The Morgan fingerprint density at radius 1 is 1.11 bits per heavy atom. The van der Waals surface area contributed by atoms with Gasteiger partial charge in [-0.1, -0.05) is 41.9 Å². The smallest absolute Gasteiger partial charge is 0.127 e. The molecule has 2 N–H and O–H groups in total. The van der Waals surface area contributed by atoms with E-state index in [9.17, 15) is 0 Å². The largest absolute Gasteiger partial charge is 0.493 e. The van der Waals surface area contributed by atoms with Crippen LogP contribution in [0, 0.1) is 0 Å². The molecule has 0 radical (unpaired) electrons. The van der Waals surface area contributed by atoms with Gasteiger partial charge >= 0.3 is 0 Å². The molecule has 0 bridgehead atoms. The van der Waals surface area contributed by atoms with Gasteiger partial charge in [-0.25, -0.2) is 0 Å². The van der Waals surface area contributed by atoms with Gasteiger partial charge in [0.1, 0.15) is 5.75 Å². The summed E-state index contributed by atoms with van der Waals surface area (Å²) in [6.07, 6.45) is 0. The van der Waals surface area contributed by atoms with Crippen LogP contribution in [-0.4, -0.2) is 6.61 Å². The van der Waals surface area contributed by atoms with Crippen LogP contribution < -0.4 is 10.5 Å². The fraction of sp³-hybridized carbons (Fsp3) is 0.200. The zero-order valence-electron chi connectivity index (χ0n) is 10.3. The highest BCUT2D eigenvalue weighted by Gasteiger charge is 2.09. The van der Waals surface area contributed by atoms with Crippen LogP contribution in [0.15, 0.2) is 42.5 Å². The van der Waals surface area contributed by atoms with Crippen molar-refractivity contribution in [1.29, 1.82) is 0 Å². The van der Waals surface area contributed by atoms with Crippen molar-refractivity contribution < 1.29 is 4.74 Å². The third-order valence-electron chi connectivity index (χ3n) is 2.75. The van der Waals surface area contributed by atoms with Crippen LogP contribution in [0.3, 0.4) is 0 Å². The second-order valence-corrected chi connectivity index (χ2v) is 4.35. The minimum Gasteiger partial charge on any atom is -0.493 e. The molecule has 0 aliphatic rings. The van der Waals surface area contributed by atoms with Gasteiger partial charge in [0.25, 0.3) is 0 Å². The molecule has 0 unspecified atom stereocenters. The van der Waals surface area contributed by atoms with E-state index in [0.29, 0.717) is 18.2 Å². The quantitative estimate of drug-likeness (QED) is 0.907. The third-order valence-corrected chi connectivity index (χ3v) is 3.06. The Kier molecular flexibility index (Phi) is 4.24. The van der Waals surface area contributed by atoms with E-state index in [1.165, 1.54) is 0 Å². The Balaban J connectivity index is 2.48. The molecule has 0 spiro atoms. The second kappa shape index (κ2) is 5.89. The zero-order chi connectivity index (χ0) is 13.0. The number of rotatable bonds is 4. The molecule has 0 aliphatic heterocycles. The molecular formula is C15H16ClNO. The predicted molar refractivity (Wildman–Crippen MR) is 75.9 cm³/mol. The molecule has 0 aliphatic carbocycles. The van der Waals surface area contributed by atoms with Gasteiger partial charge in [-0.05, 0) is 24.6 Å². The third kappa shape index (κ3) is 2.66. The van der Waals surface area contributed by atoms with Crippen molar-refractivity contribution in [2.45, 2.75) is 13.5 Å². The maximum absolute atomic E-state index is 6.30. The first-order chi connectivity index (χ1) is 8.76. The minimum absolute atomic E-state index is 0.493. The summed E-state index contributed by atoms with van der Waals surface area (Å²) in [5.41, 5.74) is 8.60. The van der Waals surface area contributed by atoms with Crippen molar-refractivity contribution in [2.75, 3.05) is 6.61 Å². The highest BCUT2D eigenvalue weighted by molar-refractivity contribution is 6.33. The van der Waals surface area contributed by atoms with Crippen LogP contribution in [0.25, 0.3) is 11.1 Å². The molecule has 2 aromatic carbocycles. The number of halogens is 1. The zero-order valence-corrected chi connectivity index (χ0v) is 11.1. The normalized spacial score (nSPS) is 10.4. The highest BCUT2D eigenvalue weighted by atomic mass is 35.5. The number of hydrogen-bond donors (Lipinski definition) is 1. The lowest BCUT2D eigenvalue weighted by molar-refractivity contribution is 0.341. The van der Waals surface area contributed by atoms with Gasteiger partial charge in [0.2, 0.25) is 0 Å². The first-order valence-electron chi connectivity index (χ1n) is 5.97. The fourth-order valence-electron chi connectivity index (χ4n) is 1.87. The van der Waals surface area contributed by atoms with Gasteiger partial charge in [0, 0.05) is 22.7 Å². The van der Waals surface area contributed by atoms with Crippen LogP contribution in [0.4, 0.5) is 0 Å². The van der Waals surface area contributed by atoms with Crippen molar-refractivity contribution in [3.8, 4) is 16.9 Å². The average Bonchev–Trinajstić information content (AvgIpc) is 2.40. The van der Waals surface area contributed by atoms with Gasteiger partial charge in [0.05, 0.1) is 6.61 Å². The van der Waals surface area contributed by atoms with Crippen molar-refractivity contribution >= 4 is 11.6 Å². The van der Waals surface area contributed by atoms with Crippen molar-refractivity contribution in [3.63, 3.8) is 0 Å². The summed E-state index contributed by atoms with van der Waals surface area (Å²) < 4.78 is 5.62. The maximum atomic E-state index is 6.30. The molecule has 0 fully saturated rings. The summed E-state index contributed by atoms with van der Waals surface area (Å²) in [5, 5.41) is 0.699. The number of para-hydroxylation sites is 1. The first kappa shape index (κ1) is 12.9. The lowest BCUT2D eigenvalue weighted by atomic mass is 10.0. The summed E-state index contributed by atoms with van der Waals surface area (Å²) in [5.74, 6) is 0.849. The van der Waals surface area contributed by atoms with Crippen LogP contribution in [0.2, 0.25) is 5.02 Å². The van der Waals surface area contributed by atoms with Gasteiger partial charge < -0.3 is 10.5 Å². The van der Waals surface area contributed by atoms with E-state index >= 15 is 0 Å². The Morgan fingerprint density at radius 3 is 2.56 bits per heavy atom. The number of nitrogens with two attached hydrogens (primary N) is 1. The Bertz CT molecular complexity index is 540. The Hall–Kier alpha value is -1.51. The van der Waals surface area contributed by atoms with E-state index in [0.717, 1.165) is 22.4 Å². The Morgan fingerprint density at radius 2 is 1.89 bits per heavy atom. The number of benzene rings is 2. The maximum Gasteiger partial charge on any atom is 0.127 e. The molecule has 18 heavy (non-hydrogen) atoms. The molecule has 3 heteroatoms. The van der Waals surface area contributed by atoms with E-state index in [4.69, 9.17) is 22.1 Å². The van der Waals surface area contributed by atoms with Gasteiger partial charge in [0.15, 0.2) is 0 Å². The fourth-order valence-corrected chi connectivity index (χ4v) is 2.18. The summed E-state index contributed by atoms with van der Waals surface area (Å²) in [4.78, 5) is 0. The van der Waals surface area contributed by atoms with E-state index < -0.39 is 0 Å². The molecule has 0 aromatic heterocycles. The van der Waals surface area contributed by atoms with E-state index in [-0.39, 0.29) is 0 Å². The SMILES string of the molecule is CCOc1ccccc1-c1ccc(CN)cc1Cl. The van der Waals surface area contributed by atoms with Crippen LogP contribution in [-0.2, 0) is 6.54 Å². The molecule has 94 valence electrons. The van der Waals surface area contributed by atoms with Gasteiger partial charge in [-0.3, -0.25) is 0 Å². The first-order valence-corrected chi connectivity index (χ1v) is 6.34. The molecule has 0 saturated carbocycles. The molecular weight excluding hydrogens is 246 g/mol. The second-order valence-electron chi connectivity index (χ2n) is 3.95. The van der Waals surface area contributed by atoms with E-state index in [1.807, 2.05) is 49.4 Å². The van der Waals surface area contributed by atoms with Crippen LogP contribution in [0.1, 0.15) is 12.5 Å². The van der Waals surface area contributed by atoms with Crippen molar-refractivity contribution in [1.82, 2.24) is 0 Å². The summed E-state index contributed by atoms with van der Waals surface area (Å²) in [6, 6.07) is 13.8. The van der Waals surface area contributed by atoms with Crippen LogP contribution in [0.5, 0.6) is 5.75 Å². The standard InChI is InChI=1S/C15H16ClNO/c1-2-18-15-6-4-3-5-13(15)12-8-7-11(10-17)9-14(12)16/h3-9H,2,10,17H2,1H3. The van der Waals surface area contributed by atoms with Gasteiger partial charge in [-0.2, -0.15) is 0 Å². The summed E-state index contributed by atoms with van der Waals surface area (Å²) in [7, 11) is 0. The molecule has 2 aromatic rings. The number of ether oxygens (including phenoxy) is 1. The molecule has 0 amide bonds. The van der Waals surface area contributed by atoms with Crippen LogP contribution >= 0.6 is 11.6 Å². The Labute approximate surface area is 112 Å². The topological polar surface area (TPSA) is 35.2 Å². The predicted octanol–water partition coefficient (Wildman–Crippen LogP) is 3.86. The highest BCUT2D eigenvalue weighted by Crippen LogP contribution is 2.35. The molecule has 2 nitrogen and oxygen atoms in total. The van der Waals surface area contributed by atoms with E-state index in [1.54, 1.807) is 0 Å². The molecule has 0 heterocycles.